The van der Waals surface area contributed by atoms with E-state index in [1.165, 1.54) is 5.56 Å². The van der Waals surface area contributed by atoms with Crippen LogP contribution in [0.15, 0.2) is 53.3 Å². The van der Waals surface area contributed by atoms with Crippen molar-refractivity contribution in [2.24, 2.45) is 13.0 Å². The Morgan fingerprint density at radius 3 is 2.56 bits per heavy atom. The third-order valence-corrected chi connectivity index (χ3v) is 6.61. The van der Waals surface area contributed by atoms with Gasteiger partial charge in [0, 0.05) is 56.6 Å². The van der Waals surface area contributed by atoms with Crippen molar-refractivity contribution in [1.29, 1.82) is 0 Å². The summed E-state index contributed by atoms with van der Waals surface area (Å²) in [6, 6.07) is 16.7. The van der Waals surface area contributed by atoms with Gasteiger partial charge in [-0.3, -0.25) is 9.69 Å². The number of aromatic amines is 1. The fraction of sp³-hybridized carbons (Fsp3) is 0.385. The fourth-order valence-electron chi connectivity index (χ4n) is 4.89. The molecule has 4 aromatic rings. The molecule has 8 nitrogen and oxygen atoms in total. The molecule has 34 heavy (non-hydrogen) atoms. The van der Waals surface area contributed by atoms with Crippen molar-refractivity contribution in [2.75, 3.05) is 31.1 Å². The van der Waals surface area contributed by atoms with Crippen molar-refractivity contribution < 1.29 is 0 Å². The Morgan fingerprint density at radius 1 is 1.03 bits per heavy atom. The van der Waals surface area contributed by atoms with E-state index in [0.717, 1.165) is 60.3 Å². The van der Waals surface area contributed by atoms with Gasteiger partial charge in [0.1, 0.15) is 0 Å². The average Bonchev–Trinajstić information content (AvgIpc) is 3.37. The number of hydrogen-bond acceptors (Lipinski definition) is 6. The molecule has 1 aliphatic heterocycles. The Kier molecular flexibility index (Phi) is 6.15. The van der Waals surface area contributed by atoms with Crippen LogP contribution in [-0.2, 0) is 20.0 Å². The number of tetrazole rings is 1. The standard InChI is InChI=1S/C26H31N7O/c1-18(2)14-19-8-9-22(25-27-29-30-28-25)24(15-19)33-12-10-32(11-13-33)17-21-16-20-6-4-5-7-23(20)31(3)26(21)34/h4-9,15-16,18H,10-14,17H2,1-3H3,(H,27,28,29,30). The number of nitrogens with one attached hydrogen (secondary N) is 1. The van der Waals surface area contributed by atoms with Crippen molar-refractivity contribution in [3.05, 3.63) is 70.0 Å². The lowest BCUT2D eigenvalue weighted by Crippen LogP contribution is -2.46. The lowest BCUT2D eigenvalue weighted by Gasteiger charge is -2.37. The Morgan fingerprint density at radius 2 is 1.82 bits per heavy atom. The molecule has 0 radical (unpaired) electrons. The molecule has 2 aromatic heterocycles. The van der Waals surface area contributed by atoms with Crippen LogP contribution in [0, 0.1) is 5.92 Å². The minimum atomic E-state index is 0.0851. The third-order valence-electron chi connectivity index (χ3n) is 6.61. The molecule has 2 aromatic carbocycles. The maximum Gasteiger partial charge on any atom is 0.255 e. The number of para-hydroxylation sites is 1. The topological polar surface area (TPSA) is 82.9 Å². The maximum atomic E-state index is 12.9. The average molecular weight is 458 g/mol. The lowest BCUT2D eigenvalue weighted by atomic mass is 9.99. The van der Waals surface area contributed by atoms with Crippen molar-refractivity contribution in [2.45, 2.75) is 26.8 Å². The van der Waals surface area contributed by atoms with Crippen LogP contribution in [0.2, 0.25) is 0 Å². The quantitative estimate of drug-likeness (QED) is 0.479. The van der Waals surface area contributed by atoms with Gasteiger partial charge in [-0.25, -0.2) is 0 Å². The second-order valence-corrected chi connectivity index (χ2v) is 9.54. The molecule has 0 bridgehead atoms. The largest absolute Gasteiger partial charge is 0.368 e. The molecule has 0 unspecified atom stereocenters. The van der Waals surface area contributed by atoms with E-state index in [4.69, 9.17) is 0 Å². The number of fused-ring (bicyclic) bond motifs is 1. The number of nitrogens with zero attached hydrogens (tertiary/aromatic N) is 6. The molecular formula is C26H31N7O. The van der Waals surface area contributed by atoms with Gasteiger partial charge in [-0.1, -0.05) is 38.1 Å². The predicted molar refractivity (Wildman–Crippen MR) is 135 cm³/mol. The van der Waals surface area contributed by atoms with Crippen LogP contribution in [0.4, 0.5) is 5.69 Å². The molecule has 0 amide bonds. The maximum absolute atomic E-state index is 12.9. The molecule has 1 aliphatic rings. The minimum Gasteiger partial charge on any atom is -0.368 e. The van der Waals surface area contributed by atoms with Crippen LogP contribution in [0.25, 0.3) is 22.3 Å². The molecule has 5 rings (SSSR count). The van der Waals surface area contributed by atoms with Gasteiger partial charge in [0.05, 0.1) is 5.52 Å². The monoisotopic (exact) mass is 457 g/mol. The van der Waals surface area contributed by atoms with E-state index in [1.54, 1.807) is 4.57 Å². The Hall–Kier alpha value is -3.52. The van der Waals surface area contributed by atoms with Crippen molar-refractivity contribution in [1.82, 2.24) is 30.1 Å². The first-order valence-electron chi connectivity index (χ1n) is 11.9. The van der Waals surface area contributed by atoms with E-state index in [2.05, 4.69) is 68.5 Å². The Labute approximate surface area is 199 Å². The molecule has 0 atom stereocenters. The van der Waals surface area contributed by atoms with Crippen LogP contribution in [-0.4, -0.2) is 56.3 Å². The molecule has 3 heterocycles. The summed E-state index contributed by atoms with van der Waals surface area (Å²) >= 11 is 0. The summed E-state index contributed by atoms with van der Waals surface area (Å²) in [7, 11) is 1.86. The van der Waals surface area contributed by atoms with E-state index in [-0.39, 0.29) is 5.56 Å². The summed E-state index contributed by atoms with van der Waals surface area (Å²) in [5, 5.41) is 15.9. The SMILES string of the molecule is CC(C)Cc1ccc(-c2nn[nH]n2)c(N2CCN(Cc3cc4ccccc4n(C)c3=O)CC2)c1. The number of aryl methyl sites for hydroxylation is 1. The molecular weight excluding hydrogens is 426 g/mol. The van der Waals surface area contributed by atoms with Gasteiger partial charge >= 0.3 is 0 Å². The van der Waals surface area contributed by atoms with Gasteiger partial charge in [0.2, 0.25) is 5.82 Å². The highest BCUT2D eigenvalue weighted by Crippen LogP contribution is 2.31. The number of aromatic nitrogens is 5. The van der Waals surface area contributed by atoms with Gasteiger partial charge in [-0.05, 0) is 52.8 Å². The lowest BCUT2D eigenvalue weighted by molar-refractivity contribution is 0.249. The fourth-order valence-corrected chi connectivity index (χ4v) is 4.89. The molecule has 1 N–H and O–H groups in total. The minimum absolute atomic E-state index is 0.0851. The third kappa shape index (κ3) is 4.46. The number of hydrogen-bond donors (Lipinski definition) is 1. The van der Waals surface area contributed by atoms with E-state index in [9.17, 15) is 4.79 Å². The smallest absolute Gasteiger partial charge is 0.255 e. The summed E-state index contributed by atoms with van der Waals surface area (Å²) in [6.07, 6.45) is 1.03. The predicted octanol–water partition coefficient (Wildman–Crippen LogP) is 3.24. The first kappa shape index (κ1) is 22.3. The first-order chi connectivity index (χ1) is 16.5. The van der Waals surface area contributed by atoms with Crippen LogP contribution in [0.1, 0.15) is 25.0 Å². The summed E-state index contributed by atoms with van der Waals surface area (Å²) in [5.41, 5.74) is 5.37. The molecule has 0 saturated carbocycles. The number of H-pyrrole nitrogens is 1. The van der Waals surface area contributed by atoms with E-state index < -0.39 is 0 Å². The number of benzene rings is 2. The van der Waals surface area contributed by atoms with E-state index in [0.29, 0.717) is 18.3 Å². The zero-order valence-corrected chi connectivity index (χ0v) is 20.0. The van der Waals surface area contributed by atoms with Crippen molar-refractivity contribution >= 4 is 16.6 Å². The molecule has 0 aliphatic carbocycles. The Bertz CT molecular complexity index is 1340. The van der Waals surface area contributed by atoms with E-state index in [1.807, 2.05) is 31.3 Å². The van der Waals surface area contributed by atoms with Gasteiger partial charge in [-0.2, -0.15) is 5.21 Å². The van der Waals surface area contributed by atoms with Gasteiger partial charge in [-0.15, -0.1) is 10.2 Å². The summed E-state index contributed by atoms with van der Waals surface area (Å²) in [5.74, 6) is 1.21. The molecule has 176 valence electrons. The second kappa shape index (κ2) is 9.38. The molecule has 0 spiro atoms. The zero-order chi connectivity index (χ0) is 23.7. The highest BCUT2D eigenvalue weighted by molar-refractivity contribution is 5.79. The number of pyridine rings is 1. The highest BCUT2D eigenvalue weighted by atomic mass is 16.1. The molecule has 1 saturated heterocycles. The van der Waals surface area contributed by atoms with Crippen LogP contribution in [0.3, 0.4) is 0 Å². The van der Waals surface area contributed by atoms with Gasteiger partial charge in [0.15, 0.2) is 0 Å². The highest BCUT2D eigenvalue weighted by Gasteiger charge is 2.22. The second-order valence-electron chi connectivity index (χ2n) is 9.54. The normalized spacial score (nSPS) is 14.9. The first-order valence-corrected chi connectivity index (χ1v) is 11.9. The summed E-state index contributed by atoms with van der Waals surface area (Å²) in [4.78, 5) is 17.7. The van der Waals surface area contributed by atoms with Crippen LogP contribution < -0.4 is 10.5 Å². The van der Waals surface area contributed by atoms with Gasteiger partial charge in [0.25, 0.3) is 5.56 Å². The summed E-state index contributed by atoms with van der Waals surface area (Å²) < 4.78 is 1.76. The van der Waals surface area contributed by atoms with Crippen molar-refractivity contribution in [3.8, 4) is 11.4 Å². The number of rotatable bonds is 6. The zero-order valence-electron chi connectivity index (χ0n) is 20.0. The van der Waals surface area contributed by atoms with Crippen LogP contribution >= 0.6 is 0 Å². The summed E-state index contributed by atoms with van der Waals surface area (Å²) in [6.45, 7) is 8.67. The molecule has 8 heteroatoms. The van der Waals surface area contributed by atoms with Gasteiger partial charge < -0.3 is 9.47 Å². The van der Waals surface area contributed by atoms with E-state index >= 15 is 0 Å². The number of piperazine rings is 1. The number of anilines is 1. The molecule has 1 fully saturated rings. The van der Waals surface area contributed by atoms with Crippen molar-refractivity contribution in [3.63, 3.8) is 0 Å². The Balaban J connectivity index is 1.35. The van der Waals surface area contributed by atoms with Crippen LogP contribution in [0.5, 0.6) is 0 Å².